The van der Waals surface area contributed by atoms with Crippen molar-refractivity contribution in [3.63, 3.8) is 0 Å². The Morgan fingerprint density at radius 3 is 1.85 bits per heavy atom. The first kappa shape index (κ1) is 18.4. The number of fused-ring (bicyclic) bond motifs is 1. The van der Waals surface area contributed by atoms with E-state index in [1.807, 2.05) is 0 Å². The fourth-order valence-corrected chi connectivity index (χ4v) is 3.13. The van der Waals surface area contributed by atoms with Gasteiger partial charge in [-0.2, -0.15) is 0 Å². The van der Waals surface area contributed by atoms with Gasteiger partial charge in [0.15, 0.2) is 28.4 Å². The SMILES string of the molecule is COc1ccc(OC)c(-c2cc(=O)c3c(OC)c(OC)ccc3[nH]2)c1OC. The number of hydrogen-bond acceptors (Lipinski definition) is 6. The van der Waals surface area contributed by atoms with E-state index < -0.39 is 0 Å². The number of pyridine rings is 1. The van der Waals surface area contributed by atoms with E-state index in [0.29, 0.717) is 50.9 Å². The van der Waals surface area contributed by atoms with Crippen molar-refractivity contribution >= 4 is 10.9 Å². The standard InChI is InChI=1S/C20H21NO6/c1-23-14-8-9-16(25-3)20(27-5)18(14)12-10-13(22)17-11(21-12)6-7-15(24-2)19(17)26-4/h6-10H,1-5H3,(H,21,22). The van der Waals surface area contributed by atoms with E-state index in [9.17, 15) is 4.79 Å². The third-order valence-corrected chi connectivity index (χ3v) is 4.33. The summed E-state index contributed by atoms with van der Waals surface area (Å²) in [7, 11) is 7.66. The molecule has 0 amide bonds. The van der Waals surface area contributed by atoms with E-state index in [1.165, 1.54) is 27.4 Å². The van der Waals surface area contributed by atoms with Crippen molar-refractivity contribution in [3.05, 3.63) is 40.6 Å². The number of benzene rings is 2. The van der Waals surface area contributed by atoms with Gasteiger partial charge in [0.05, 0.1) is 57.7 Å². The van der Waals surface area contributed by atoms with Gasteiger partial charge < -0.3 is 28.7 Å². The molecule has 0 fully saturated rings. The quantitative estimate of drug-likeness (QED) is 0.717. The summed E-state index contributed by atoms with van der Waals surface area (Å²) in [5, 5.41) is 0.404. The zero-order valence-corrected chi connectivity index (χ0v) is 15.8. The van der Waals surface area contributed by atoms with Crippen LogP contribution in [-0.4, -0.2) is 40.5 Å². The summed E-state index contributed by atoms with van der Waals surface area (Å²) in [5.41, 5.74) is 1.50. The Kier molecular flexibility index (Phi) is 5.12. The minimum atomic E-state index is -0.221. The van der Waals surface area contributed by atoms with E-state index in [2.05, 4.69) is 4.98 Å². The van der Waals surface area contributed by atoms with Gasteiger partial charge >= 0.3 is 0 Å². The molecular weight excluding hydrogens is 350 g/mol. The van der Waals surface area contributed by atoms with Crippen molar-refractivity contribution in [2.75, 3.05) is 35.5 Å². The Balaban J connectivity index is 2.36. The zero-order chi connectivity index (χ0) is 19.6. The summed E-state index contributed by atoms with van der Waals surface area (Å²) in [6.07, 6.45) is 0. The van der Waals surface area contributed by atoms with Gasteiger partial charge in [0.2, 0.25) is 0 Å². The fraction of sp³-hybridized carbons (Fsp3) is 0.250. The van der Waals surface area contributed by atoms with E-state index in [4.69, 9.17) is 23.7 Å². The topological polar surface area (TPSA) is 79.0 Å². The van der Waals surface area contributed by atoms with Crippen LogP contribution in [0.15, 0.2) is 35.1 Å². The average molecular weight is 371 g/mol. The molecule has 0 unspecified atom stereocenters. The highest BCUT2D eigenvalue weighted by molar-refractivity contribution is 5.91. The van der Waals surface area contributed by atoms with Crippen LogP contribution in [0.3, 0.4) is 0 Å². The summed E-state index contributed by atoms with van der Waals surface area (Å²) in [6, 6.07) is 8.48. The lowest BCUT2D eigenvalue weighted by atomic mass is 10.1. The van der Waals surface area contributed by atoms with Gasteiger partial charge in [0.1, 0.15) is 5.75 Å². The first-order valence-corrected chi connectivity index (χ1v) is 8.16. The molecule has 0 atom stereocenters. The zero-order valence-electron chi connectivity index (χ0n) is 15.8. The first-order chi connectivity index (χ1) is 13.1. The minimum Gasteiger partial charge on any atom is -0.496 e. The lowest BCUT2D eigenvalue weighted by Gasteiger charge is -2.17. The maximum Gasteiger partial charge on any atom is 0.193 e. The van der Waals surface area contributed by atoms with Crippen molar-refractivity contribution in [1.29, 1.82) is 0 Å². The number of aromatic amines is 1. The summed E-state index contributed by atoms with van der Waals surface area (Å²) < 4.78 is 27.0. The van der Waals surface area contributed by atoms with Crippen molar-refractivity contribution in [2.24, 2.45) is 0 Å². The monoisotopic (exact) mass is 371 g/mol. The van der Waals surface area contributed by atoms with Gasteiger partial charge in [-0.15, -0.1) is 0 Å². The van der Waals surface area contributed by atoms with Gasteiger partial charge in [0, 0.05) is 6.07 Å². The normalized spacial score (nSPS) is 10.6. The van der Waals surface area contributed by atoms with E-state index in [1.54, 1.807) is 38.5 Å². The number of aromatic nitrogens is 1. The largest absolute Gasteiger partial charge is 0.496 e. The van der Waals surface area contributed by atoms with Crippen LogP contribution in [0.5, 0.6) is 28.7 Å². The summed E-state index contributed by atoms with van der Waals surface area (Å²) in [6.45, 7) is 0. The molecule has 7 nitrogen and oxygen atoms in total. The average Bonchev–Trinajstić information content (AvgIpc) is 2.71. The van der Waals surface area contributed by atoms with Gasteiger partial charge in [-0.25, -0.2) is 0 Å². The highest BCUT2D eigenvalue weighted by Crippen LogP contribution is 2.44. The van der Waals surface area contributed by atoms with Crippen LogP contribution < -0.4 is 29.1 Å². The van der Waals surface area contributed by atoms with Crippen LogP contribution in [0.1, 0.15) is 0 Å². The van der Waals surface area contributed by atoms with E-state index >= 15 is 0 Å². The highest BCUT2D eigenvalue weighted by atomic mass is 16.5. The molecule has 142 valence electrons. The number of nitrogens with one attached hydrogen (secondary N) is 1. The second-order valence-electron chi connectivity index (χ2n) is 5.65. The van der Waals surface area contributed by atoms with Gasteiger partial charge in [0.25, 0.3) is 0 Å². The molecule has 0 spiro atoms. The number of H-pyrrole nitrogens is 1. The smallest absolute Gasteiger partial charge is 0.193 e. The number of methoxy groups -OCH3 is 5. The second-order valence-corrected chi connectivity index (χ2v) is 5.65. The Labute approximate surface area is 156 Å². The third kappa shape index (κ3) is 3.01. The van der Waals surface area contributed by atoms with E-state index in [0.717, 1.165) is 0 Å². The molecule has 0 radical (unpaired) electrons. The number of rotatable bonds is 6. The molecule has 7 heteroatoms. The van der Waals surface area contributed by atoms with Crippen molar-refractivity contribution in [1.82, 2.24) is 4.98 Å². The number of ether oxygens (including phenoxy) is 5. The third-order valence-electron chi connectivity index (χ3n) is 4.33. The molecular formula is C20H21NO6. The Bertz CT molecular complexity index is 1040. The molecule has 1 N–H and O–H groups in total. The van der Waals surface area contributed by atoms with Crippen molar-refractivity contribution in [3.8, 4) is 40.0 Å². The van der Waals surface area contributed by atoms with Crippen LogP contribution in [0.4, 0.5) is 0 Å². The van der Waals surface area contributed by atoms with Crippen LogP contribution in [0.2, 0.25) is 0 Å². The van der Waals surface area contributed by atoms with E-state index in [-0.39, 0.29) is 5.43 Å². The molecule has 0 bridgehead atoms. The van der Waals surface area contributed by atoms with Crippen LogP contribution in [0.25, 0.3) is 22.2 Å². The van der Waals surface area contributed by atoms with Gasteiger partial charge in [-0.3, -0.25) is 4.79 Å². The molecule has 3 aromatic rings. The molecule has 27 heavy (non-hydrogen) atoms. The van der Waals surface area contributed by atoms with Crippen LogP contribution in [0, 0.1) is 0 Å². The Morgan fingerprint density at radius 2 is 1.26 bits per heavy atom. The van der Waals surface area contributed by atoms with Crippen molar-refractivity contribution in [2.45, 2.75) is 0 Å². The second kappa shape index (κ2) is 7.49. The van der Waals surface area contributed by atoms with Crippen LogP contribution >= 0.6 is 0 Å². The molecule has 2 aromatic carbocycles. The maximum absolute atomic E-state index is 12.9. The maximum atomic E-state index is 12.9. The molecule has 0 saturated carbocycles. The molecule has 0 aliphatic carbocycles. The summed E-state index contributed by atoms with van der Waals surface area (Å²) in [4.78, 5) is 16.2. The summed E-state index contributed by atoms with van der Waals surface area (Å²) in [5.74, 6) is 2.41. The lowest BCUT2D eigenvalue weighted by molar-refractivity contribution is 0.351. The Hall–Kier alpha value is -3.35. The summed E-state index contributed by atoms with van der Waals surface area (Å²) >= 11 is 0. The molecule has 0 aliphatic rings. The predicted octanol–water partition coefficient (Wildman–Crippen LogP) is 3.24. The van der Waals surface area contributed by atoms with Crippen LogP contribution in [-0.2, 0) is 0 Å². The molecule has 3 rings (SSSR count). The van der Waals surface area contributed by atoms with Gasteiger partial charge in [-0.05, 0) is 24.3 Å². The minimum absolute atomic E-state index is 0.221. The molecule has 0 aliphatic heterocycles. The number of hydrogen-bond donors (Lipinski definition) is 1. The van der Waals surface area contributed by atoms with Crippen molar-refractivity contribution < 1.29 is 23.7 Å². The Morgan fingerprint density at radius 1 is 0.704 bits per heavy atom. The predicted molar refractivity (Wildman–Crippen MR) is 103 cm³/mol. The highest BCUT2D eigenvalue weighted by Gasteiger charge is 2.21. The fourth-order valence-electron chi connectivity index (χ4n) is 3.13. The molecule has 1 aromatic heterocycles. The molecule has 1 heterocycles. The lowest BCUT2D eigenvalue weighted by Crippen LogP contribution is -2.07. The molecule has 0 saturated heterocycles. The first-order valence-electron chi connectivity index (χ1n) is 8.16. The van der Waals surface area contributed by atoms with Gasteiger partial charge in [-0.1, -0.05) is 0 Å².